The van der Waals surface area contributed by atoms with Crippen molar-refractivity contribution in [2.24, 2.45) is 5.92 Å². The Labute approximate surface area is 120 Å². The molecule has 0 aliphatic heterocycles. The fraction of sp³-hybridized carbons (Fsp3) is 0.500. The molecule has 110 valence electrons. The number of carbonyl (C=O) groups is 2. The van der Waals surface area contributed by atoms with Gasteiger partial charge in [-0.05, 0) is 24.8 Å². The third-order valence-corrected chi connectivity index (χ3v) is 3.70. The highest BCUT2D eigenvalue weighted by Gasteiger charge is 2.32. The van der Waals surface area contributed by atoms with E-state index in [0.717, 1.165) is 5.56 Å². The average molecular weight is 277 g/mol. The molecule has 1 unspecified atom stereocenters. The number of carbonyl (C=O) groups excluding carboxylic acids is 1. The van der Waals surface area contributed by atoms with Crippen molar-refractivity contribution in [1.82, 2.24) is 5.32 Å². The average Bonchev–Trinajstić information content (AvgIpc) is 2.36. The minimum absolute atomic E-state index is 0.0549. The van der Waals surface area contributed by atoms with E-state index in [4.69, 9.17) is 5.11 Å². The van der Waals surface area contributed by atoms with Gasteiger partial charge < -0.3 is 10.4 Å². The number of aliphatic carboxylic acids is 1. The molecule has 1 rings (SSSR count). The third-order valence-electron chi connectivity index (χ3n) is 3.70. The minimum atomic E-state index is -0.899. The summed E-state index contributed by atoms with van der Waals surface area (Å²) in [6, 6.07) is 9.77. The molecule has 1 amide bonds. The van der Waals surface area contributed by atoms with Crippen LogP contribution >= 0.6 is 0 Å². The summed E-state index contributed by atoms with van der Waals surface area (Å²) in [6.45, 7) is 5.62. The first-order valence-corrected chi connectivity index (χ1v) is 6.90. The molecule has 0 aliphatic rings. The number of amides is 1. The van der Waals surface area contributed by atoms with Crippen LogP contribution in [0.1, 0.15) is 39.2 Å². The molecule has 0 saturated heterocycles. The second-order valence-electron chi connectivity index (χ2n) is 5.68. The second kappa shape index (κ2) is 7.08. The molecular formula is C16H23NO3. The Balaban J connectivity index is 2.56. The van der Waals surface area contributed by atoms with E-state index in [1.165, 1.54) is 0 Å². The largest absolute Gasteiger partial charge is 0.481 e. The van der Waals surface area contributed by atoms with Gasteiger partial charge in [-0.3, -0.25) is 9.59 Å². The fourth-order valence-electron chi connectivity index (χ4n) is 1.99. The second-order valence-corrected chi connectivity index (χ2v) is 5.68. The molecule has 1 atom stereocenters. The molecule has 2 N–H and O–H groups in total. The lowest BCUT2D eigenvalue weighted by Crippen LogP contribution is -2.51. The number of carboxylic acids is 1. The van der Waals surface area contributed by atoms with Gasteiger partial charge in [0.05, 0.1) is 6.42 Å². The molecule has 1 aromatic rings. The normalized spacial score (nSPS) is 13.8. The summed E-state index contributed by atoms with van der Waals surface area (Å²) in [6.07, 6.45) is 0.960. The SMILES string of the molecule is CC(C)C(C)(CC(=O)O)NC(=O)CCc1ccccc1. The third kappa shape index (κ3) is 5.03. The zero-order valence-corrected chi connectivity index (χ0v) is 12.3. The van der Waals surface area contributed by atoms with Crippen molar-refractivity contribution in [3.8, 4) is 0 Å². The molecule has 0 bridgehead atoms. The summed E-state index contributed by atoms with van der Waals surface area (Å²) >= 11 is 0. The zero-order valence-electron chi connectivity index (χ0n) is 12.3. The molecule has 0 fully saturated rings. The Morgan fingerprint density at radius 3 is 2.35 bits per heavy atom. The highest BCUT2D eigenvalue weighted by Crippen LogP contribution is 2.21. The molecule has 0 heterocycles. The Kier molecular flexibility index (Phi) is 5.74. The Morgan fingerprint density at radius 2 is 1.85 bits per heavy atom. The Morgan fingerprint density at radius 1 is 1.25 bits per heavy atom. The van der Waals surface area contributed by atoms with Crippen LogP contribution in [0.3, 0.4) is 0 Å². The maximum Gasteiger partial charge on any atom is 0.305 e. The molecule has 0 aliphatic carbocycles. The van der Waals surface area contributed by atoms with Gasteiger partial charge in [-0.1, -0.05) is 44.2 Å². The van der Waals surface area contributed by atoms with Crippen molar-refractivity contribution in [2.45, 2.75) is 45.6 Å². The van der Waals surface area contributed by atoms with E-state index < -0.39 is 11.5 Å². The zero-order chi connectivity index (χ0) is 15.2. The predicted molar refractivity (Wildman–Crippen MR) is 78.4 cm³/mol. The number of carboxylic acid groups (broad SMARTS) is 1. The van der Waals surface area contributed by atoms with Gasteiger partial charge in [0.15, 0.2) is 0 Å². The molecule has 4 heteroatoms. The van der Waals surface area contributed by atoms with Gasteiger partial charge >= 0.3 is 5.97 Å². The van der Waals surface area contributed by atoms with Gasteiger partial charge in [-0.2, -0.15) is 0 Å². The van der Waals surface area contributed by atoms with E-state index >= 15 is 0 Å². The van der Waals surface area contributed by atoms with Crippen LogP contribution < -0.4 is 5.32 Å². The van der Waals surface area contributed by atoms with Crippen molar-refractivity contribution in [3.05, 3.63) is 35.9 Å². The lowest BCUT2D eigenvalue weighted by molar-refractivity contribution is -0.139. The number of nitrogens with one attached hydrogen (secondary N) is 1. The summed E-state index contributed by atoms with van der Waals surface area (Å²) in [5.74, 6) is -0.949. The Hall–Kier alpha value is -1.84. The lowest BCUT2D eigenvalue weighted by Gasteiger charge is -2.33. The molecule has 0 saturated carbocycles. The number of benzene rings is 1. The van der Waals surface area contributed by atoms with E-state index in [2.05, 4.69) is 5.32 Å². The van der Waals surface area contributed by atoms with E-state index in [1.54, 1.807) is 6.92 Å². The number of hydrogen-bond donors (Lipinski definition) is 2. The first-order chi connectivity index (χ1) is 9.33. The van der Waals surface area contributed by atoms with Crippen LogP contribution in [-0.4, -0.2) is 22.5 Å². The van der Waals surface area contributed by atoms with Gasteiger partial charge in [0, 0.05) is 12.0 Å². The summed E-state index contributed by atoms with van der Waals surface area (Å²) < 4.78 is 0. The molecule has 1 aromatic carbocycles. The van der Waals surface area contributed by atoms with Crippen molar-refractivity contribution < 1.29 is 14.7 Å². The van der Waals surface area contributed by atoms with Crippen LogP contribution in [0.25, 0.3) is 0 Å². The summed E-state index contributed by atoms with van der Waals surface area (Å²) in [7, 11) is 0. The van der Waals surface area contributed by atoms with E-state index in [0.29, 0.717) is 12.8 Å². The van der Waals surface area contributed by atoms with Gasteiger partial charge in [0.1, 0.15) is 0 Å². The van der Waals surface area contributed by atoms with Crippen LogP contribution in [0.5, 0.6) is 0 Å². The van der Waals surface area contributed by atoms with Gasteiger partial charge in [-0.15, -0.1) is 0 Å². The standard InChI is InChI=1S/C16H23NO3/c1-12(2)16(3,11-15(19)20)17-14(18)10-9-13-7-5-4-6-8-13/h4-8,12H,9-11H2,1-3H3,(H,17,18)(H,19,20). The summed E-state index contributed by atoms with van der Waals surface area (Å²) in [5.41, 5.74) is 0.395. The topological polar surface area (TPSA) is 66.4 Å². The molecule has 0 spiro atoms. The maximum atomic E-state index is 12.0. The molecule has 4 nitrogen and oxygen atoms in total. The smallest absolute Gasteiger partial charge is 0.305 e. The molecular weight excluding hydrogens is 254 g/mol. The lowest BCUT2D eigenvalue weighted by atomic mass is 9.85. The molecule has 20 heavy (non-hydrogen) atoms. The highest BCUT2D eigenvalue weighted by atomic mass is 16.4. The van der Waals surface area contributed by atoms with Crippen LogP contribution in [0, 0.1) is 5.92 Å². The van der Waals surface area contributed by atoms with E-state index in [9.17, 15) is 9.59 Å². The van der Waals surface area contributed by atoms with Crippen molar-refractivity contribution >= 4 is 11.9 Å². The van der Waals surface area contributed by atoms with Crippen LogP contribution in [0.15, 0.2) is 30.3 Å². The van der Waals surface area contributed by atoms with Crippen LogP contribution in [0.4, 0.5) is 0 Å². The molecule has 0 aromatic heterocycles. The van der Waals surface area contributed by atoms with Crippen molar-refractivity contribution in [2.75, 3.05) is 0 Å². The first kappa shape index (κ1) is 16.2. The molecule has 0 radical (unpaired) electrons. The number of rotatable bonds is 7. The number of hydrogen-bond acceptors (Lipinski definition) is 2. The van der Waals surface area contributed by atoms with Gasteiger partial charge in [-0.25, -0.2) is 0 Å². The van der Waals surface area contributed by atoms with Gasteiger partial charge in [0.2, 0.25) is 5.91 Å². The monoisotopic (exact) mass is 277 g/mol. The van der Waals surface area contributed by atoms with Gasteiger partial charge in [0.25, 0.3) is 0 Å². The maximum absolute atomic E-state index is 12.0. The summed E-state index contributed by atoms with van der Waals surface area (Å²) in [5, 5.41) is 11.8. The Bertz CT molecular complexity index is 456. The van der Waals surface area contributed by atoms with Crippen LogP contribution in [-0.2, 0) is 16.0 Å². The van der Waals surface area contributed by atoms with Crippen molar-refractivity contribution in [3.63, 3.8) is 0 Å². The van der Waals surface area contributed by atoms with Crippen LogP contribution in [0.2, 0.25) is 0 Å². The first-order valence-electron chi connectivity index (χ1n) is 6.90. The number of aryl methyl sites for hydroxylation is 1. The quantitative estimate of drug-likeness (QED) is 0.805. The minimum Gasteiger partial charge on any atom is -0.481 e. The predicted octanol–water partition coefficient (Wildman–Crippen LogP) is 2.62. The summed E-state index contributed by atoms with van der Waals surface area (Å²) in [4.78, 5) is 22.9. The van der Waals surface area contributed by atoms with Crippen molar-refractivity contribution in [1.29, 1.82) is 0 Å². The highest BCUT2D eigenvalue weighted by molar-refractivity contribution is 5.78. The fourth-order valence-corrected chi connectivity index (χ4v) is 1.99. The van der Waals surface area contributed by atoms with E-state index in [-0.39, 0.29) is 18.2 Å². The van der Waals surface area contributed by atoms with E-state index in [1.807, 2.05) is 44.2 Å².